The van der Waals surface area contributed by atoms with Crippen molar-refractivity contribution in [3.8, 4) is 5.88 Å². The molecule has 2 aromatic carbocycles. The van der Waals surface area contributed by atoms with Crippen molar-refractivity contribution in [2.24, 2.45) is 0 Å². The number of rotatable bonds is 6. The van der Waals surface area contributed by atoms with Gasteiger partial charge in [-0.25, -0.2) is 15.0 Å². The zero-order chi connectivity index (χ0) is 20.9. The van der Waals surface area contributed by atoms with Crippen molar-refractivity contribution in [3.63, 3.8) is 0 Å². The van der Waals surface area contributed by atoms with Crippen molar-refractivity contribution in [2.75, 3.05) is 0 Å². The van der Waals surface area contributed by atoms with Gasteiger partial charge in [0, 0.05) is 24.4 Å². The maximum atomic E-state index is 12.6. The second kappa shape index (κ2) is 8.69. The van der Waals surface area contributed by atoms with Crippen LogP contribution in [0.25, 0.3) is 11.0 Å². The van der Waals surface area contributed by atoms with Crippen molar-refractivity contribution >= 4 is 16.9 Å². The molecule has 2 aromatic heterocycles. The van der Waals surface area contributed by atoms with Crippen LogP contribution >= 0.6 is 0 Å². The maximum Gasteiger partial charge on any atom is 0.251 e. The number of ether oxygens (including phenoxy) is 1. The fourth-order valence-electron chi connectivity index (χ4n) is 3.03. The molecule has 0 aliphatic rings. The van der Waals surface area contributed by atoms with Crippen LogP contribution in [0.5, 0.6) is 5.88 Å². The molecular formula is C24H22N4O2. The average Bonchev–Trinajstić information content (AvgIpc) is 2.77. The highest BCUT2D eigenvalue weighted by atomic mass is 16.5. The molecule has 0 radical (unpaired) electrons. The molecule has 2 heterocycles. The number of carbonyl (C=O) groups is 1. The monoisotopic (exact) mass is 398 g/mol. The quantitative estimate of drug-likeness (QED) is 0.528. The molecule has 0 fully saturated rings. The first-order chi connectivity index (χ1) is 14.6. The Morgan fingerprint density at radius 2 is 1.67 bits per heavy atom. The summed E-state index contributed by atoms with van der Waals surface area (Å²) in [5.74, 6) is 0.359. The minimum Gasteiger partial charge on any atom is -0.473 e. The molecule has 4 rings (SSSR count). The Labute approximate surface area is 175 Å². The molecule has 0 saturated carbocycles. The Hall–Kier alpha value is -3.80. The van der Waals surface area contributed by atoms with E-state index < -0.39 is 0 Å². The highest BCUT2D eigenvalue weighted by Crippen LogP contribution is 2.15. The Morgan fingerprint density at radius 1 is 0.900 bits per heavy atom. The van der Waals surface area contributed by atoms with Gasteiger partial charge < -0.3 is 10.1 Å². The number of amides is 1. The summed E-state index contributed by atoms with van der Waals surface area (Å²) >= 11 is 0. The van der Waals surface area contributed by atoms with Crippen molar-refractivity contribution in [1.82, 2.24) is 20.3 Å². The largest absolute Gasteiger partial charge is 0.473 e. The first-order valence-electron chi connectivity index (χ1n) is 9.73. The number of benzene rings is 2. The number of hydrogen-bond acceptors (Lipinski definition) is 5. The smallest absolute Gasteiger partial charge is 0.251 e. The summed E-state index contributed by atoms with van der Waals surface area (Å²) in [5.41, 5.74) is 5.78. The fraction of sp³-hybridized carbons (Fsp3) is 0.167. The number of aryl methyl sites for hydroxylation is 2. The Kier molecular flexibility index (Phi) is 5.66. The van der Waals surface area contributed by atoms with Crippen LogP contribution in [0.1, 0.15) is 32.9 Å². The third kappa shape index (κ3) is 4.60. The van der Waals surface area contributed by atoms with Gasteiger partial charge in [-0.2, -0.15) is 0 Å². The summed E-state index contributed by atoms with van der Waals surface area (Å²) in [6, 6.07) is 19.0. The van der Waals surface area contributed by atoms with Gasteiger partial charge in [0.2, 0.25) is 5.88 Å². The van der Waals surface area contributed by atoms with E-state index in [9.17, 15) is 4.79 Å². The van der Waals surface area contributed by atoms with E-state index in [4.69, 9.17) is 4.74 Å². The summed E-state index contributed by atoms with van der Waals surface area (Å²) in [6.45, 7) is 4.66. The van der Waals surface area contributed by atoms with Crippen molar-refractivity contribution in [1.29, 1.82) is 0 Å². The zero-order valence-corrected chi connectivity index (χ0v) is 16.9. The Balaban J connectivity index is 1.40. The van der Waals surface area contributed by atoms with Gasteiger partial charge in [0.15, 0.2) is 0 Å². The molecule has 0 spiro atoms. The van der Waals surface area contributed by atoms with Crippen molar-refractivity contribution < 1.29 is 9.53 Å². The van der Waals surface area contributed by atoms with Crippen LogP contribution in [0.4, 0.5) is 0 Å². The minimum absolute atomic E-state index is 0.166. The molecule has 1 amide bonds. The number of nitrogens with one attached hydrogen (secondary N) is 1. The molecule has 30 heavy (non-hydrogen) atoms. The van der Waals surface area contributed by atoms with Crippen LogP contribution in [0, 0.1) is 13.8 Å². The summed E-state index contributed by atoms with van der Waals surface area (Å²) < 4.78 is 5.75. The number of aromatic nitrogens is 3. The maximum absolute atomic E-state index is 12.6. The lowest BCUT2D eigenvalue weighted by Crippen LogP contribution is -2.22. The van der Waals surface area contributed by atoms with Gasteiger partial charge in [0.25, 0.3) is 5.91 Å². The Morgan fingerprint density at radius 3 is 2.47 bits per heavy atom. The highest BCUT2D eigenvalue weighted by molar-refractivity contribution is 5.97. The average molecular weight is 398 g/mol. The highest BCUT2D eigenvalue weighted by Gasteiger charge is 2.09. The lowest BCUT2D eigenvalue weighted by Gasteiger charge is -2.09. The van der Waals surface area contributed by atoms with E-state index in [1.54, 1.807) is 18.3 Å². The van der Waals surface area contributed by atoms with Gasteiger partial charge in [0.1, 0.15) is 6.61 Å². The van der Waals surface area contributed by atoms with Crippen molar-refractivity contribution in [3.05, 3.63) is 94.9 Å². The van der Waals surface area contributed by atoms with Crippen LogP contribution in [0.2, 0.25) is 0 Å². The van der Waals surface area contributed by atoms with Crippen LogP contribution in [-0.2, 0) is 13.2 Å². The topological polar surface area (TPSA) is 77.0 Å². The molecule has 4 aromatic rings. The summed E-state index contributed by atoms with van der Waals surface area (Å²) in [5, 5.41) is 2.94. The van der Waals surface area contributed by atoms with E-state index in [1.165, 1.54) is 0 Å². The molecule has 0 aliphatic heterocycles. The van der Waals surface area contributed by atoms with Gasteiger partial charge in [-0.1, -0.05) is 30.3 Å². The van der Waals surface area contributed by atoms with Crippen LogP contribution in [0.15, 0.2) is 66.9 Å². The van der Waals surface area contributed by atoms with E-state index in [2.05, 4.69) is 20.3 Å². The first kappa shape index (κ1) is 19.5. The third-order valence-electron chi connectivity index (χ3n) is 4.82. The van der Waals surface area contributed by atoms with E-state index >= 15 is 0 Å². The van der Waals surface area contributed by atoms with Gasteiger partial charge in [-0.15, -0.1) is 0 Å². The fourth-order valence-corrected chi connectivity index (χ4v) is 3.03. The third-order valence-corrected chi connectivity index (χ3v) is 4.82. The predicted molar refractivity (Wildman–Crippen MR) is 115 cm³/mol. The zero-order valence-electron chi connectivity index (χ0n) is 16.9. The van der Waals surface area contributed by atoms with E-state index in [-0.39, 0.29) is 5.91 Å². The molecule has 6 heteroatoms. The summed E-state index contributed by atoms with van der Waals surface area (Å²) in [7, 11) is 0. The van der Waals surface area contributed by atoms with Crippen LogP contribution in [0.3, 0.4) is 0 Å². The van der Waals surface area contributed by atoms with Crippen molar-refractivity contribution in [2.45, 2.75) is 27.0 Å². The van der Waals surface area contributed by atoms with E-state index in [1.807, 2.05) is 62.4 Å². The second-order valence-corrected chi connectivity index (χ2v) is 7.06. The summed E-state index contributed by atoms with van der Waals surface area (Å²) in [6.07, 6.45) is 1.68. The predicted octanol–water partition coefficient (Wildman–Crippen LogP) is 4.15. The minimum atomic E-state index is -0.166. The molecule has 0 unspecified atom stereocenters. The molecule has 0 aliphatic carbocycles. The molecular weight excluding hydrogens is 376 g/mol. The molecule has 1 N–H and O–H groups in total. The lowest BCUT2D eigenvalue weighted by atomic mass is 10.1. The first-order valence-corrected chi connectivity index (χ1v) is 9.73. The normalized spacial score (nSPS) is 10.7. The van der Waals surface area contributed by atoms with Gasteiger partial charge >= 0.3 is 0 Å². The molecule has 0 atom stereocenters. The summed E-state index contributed by atoms with van der Waals surface area (Å²) in [4.78, 5) is 25.9. The van der Waals surface area contributed by atoms with Crippen LogP contribution < -0.4 is 10.1 Å². The Bertz CT molecular complexity index is 1190. The second-order valence-electron chi connectivity index (χ2n) is 7.06. The number of fused-ring (bicyclic) bond motifs is 1. The van der Waals surface area contributed by atoms with Crippen LogP contribution in [-0.4, -0.2) is 20.9 Å². The van der Waals surface area contributed by atoms with Gasteiger partial charge in [-0.3, -0.25) is 4.79 Å². The lowest BCUT2D eigenvalue weighted by molar-refractivity contribution is 0.0951. The number of pyridine rings is 1. The molecule has 0 bridgehead atoms. The SMILES string of the molecule is Cc1nc2ccc(C(=O)NCc3ccnc(OCc4ccccc4)c3)cc2nc1C. The van der Waals surface area contributed by atoms with Gasteiger partial charge in [0.05, 0.1) is 22.4 Å². The molecule has 0 saturated heterocycles. The molecule has 150 valence electrons. The van der Waals surface area contributed by atoms with Gasteiger partial charge in [-0.05, 0) is 49.2 Å². The standard InChI is InChI=1S/C24H22N4O2/c1-16-17(2)28-22-13-20(8-9-21(22)27-16)24(29)26-14-19-10-11-25-23(12-19)30-15-18-6-4-3-5-7-18/h3-13H,14-15H2,1-2H3,(H,26,29). The molecule has 6 nitrogen and oxygen atoms in total. The number of hydrogen-bond donors (Lipinski definition) is 1. The number of carbonyl (C=O) groups excluding carboxylic acids is 1. The van der Waals surface area contributed by atoms with E-state index in [0.717, 1.165) is 28.0 Å². The number of nitrogens with zero attached hydrogens (tertiary/aromatic N) is 3. The van der Waals surface area contributed by atoms with E-state index in [0.29, 0.717) is 30.1 Å².